The molecular weight excluding hydrogens is 140 g/mol. The summed E-state index contributed by atoms with van der Waals surface area (Å²) < 4.78 is 0. The third kappa shape index (κ3) is 1.28. The molecule has 0 saturated heterocycles. The Morgan fingerprint density at radius 2 is 1.91 bits per heavy atom. The Morgan fingerprint density at radius 3 is 2.45 bits per heavy atom. The van der Waals surface area contributed by atoms with Crippen LogP contribution in [0.5, 0.6) is 0 Å². The van der Waals surface area contributed by atoms with Crippen LogP contribution < -0.4 is 0 Å². The molecule has 0 fully saturated rings. The standard InChI is InChI=1S/C8H14N2O/c1-5-6(2)9-8(4)10(11)7(5)3/h7,11H,1-4H3. The van der Waals surface area contributed by atoms with Crippen molar-refractivity contribution in [2.24, 2.45) is 4.99 Å². The Morgan fingerprint density at radius 1 is 1.36 bits per heavy atom. The van der Waals surface area contributed by atoms with E-state index in [9.17, 15) is 5.21 Å². The van der Waals surface area contributed by atoms with E-state index >= 15 is 0 Å². The Kier molecular flexibility index (Phi) is 2.00. The summed E-state index contributed by atoms with van der Waals surface area (Å²) in [5.41, 5.74) is 2.14. The molecule has 1 N–H and O–H groups in total. The lowest BCUT2D eigenvalue weighted by atomic mass is 10.1. The molecular formula is C8H14N2O. The van der Waals surface area contributed by atoms with Crippen LogP contribution in [0.1, 0.15) is 27.7 Å². The SMILES string of the molecule is CC1=NC(C)=C(C)C(C)N1O. The van der Waals surface area contributed by atoms with Gasteiger partial charge < -0.3 is 0 Å². The van der Waals surface area contributed by atoms with Gasteiger partial charge in [-0.3, -0.25) is 5.21 Å². The van der Waals surface area contributed by atoms with Crippen molar-refractivity contribution in [1.29, 1.82) is 0 Å². The molecule has 1 atom stereocenters. The van der Waals surface area contributed by atoms with Crippen LogP contribution in [-0.4, -0.2) is 22.1 Å². The second-order valence-electron chi connectivity index (χ2n) is 2.95. The molecule has 1 unspecified atom stereocenters. The maximum atomic E-state index is 9.40. The van der Waals surface area contributed by atoms with E-state index in [2.05, 4.69) is 4.99 Å². The number of hydrogen-bond acceptors (Lipinski definition) is 3. The maximum absolute atomic E-state index is 9.40. The molecule has 0 amide bonds. The van der Waals surface area contributed by atoms with Crippen LogP contribution in [0.2, 0.25) is 0 Å². The molecule has 0 spiro atoms. The zero-order valence-electron chi connectivity index (χ0n) is 7.42. The third-order valence-corrected chi connectivity index (χ3v) is 2.23. The first kappa shape index (κ1) is 8.27. The van der Waals surface area contributed by atoms with Gasteiger partial charge in [-0.25, -0.2) is 10.1 Å². The molecule has 62 valence electrons. The van der Waals surface area contributed by atoms with Crippen molar-refractivity contribution in [3.63, 3.8) is 0 Å². The fourth-order valence-electron chi connectivity index (χ4n) is 1.15. The number of aliphatic imine (C=N–C) groups is 1. The summed E-state index contributed by atoms with van der Waals surface area (Å²) in [5.74, 6) is 0.667. The van der Waals surface area contributed by atoms with Gasteiger partial charge in [-0.05, 0) is 33.3 Å². The summed E-state index contributed by atoms with van der Waals surface area (Å²) in [7, 11) is 0. The van der Waals surface area contributed by atoms with Gasteiger partial charge >= 0.3 is 0 Å². The van der Waals surface area contributed by atoms with Gasteiger partial charge in [-0.1, -0.05) is 0 Å². The molecule has 0 radical (unpaired) electrons. The lowest BCUT2D eigenvalue weighted by Crippen LogP contribution is -2.37. The minimum atomic E-state index is 0.0625. The second kappa shape index (κ2) is 2.66. The Bertz CT molecular complexity index is 230. The zero-order valence-corrected chi connectivity index (χ0v) is 7.42. The monoisotopic (exact) mass is 154 g/mol. The van der Waals surface area contributed by atoms with Crippen LogP contribution in [-0.2, 0) is 0 Å². The van der Waals surface area contributed by atoms with Gasteiger partial charge in [0.2, 0.25) is 0 Å². The van der Waals surface area contributed by atoms with E-state index in [4.69, 9.17) is 0 Å². The molecule has 11 heavy (non-hydrogen) atoms. The third-order valence-electron chi connectivity index (χ3n) is 2.23. The Labute approximate surface area is 67.0 Å². The topological polar surface area (TPSA) is 35.8 Å². The van der Waals surface area contributed by atoms with E-state index < -0.39 is 0 Å². The highest BCUT2D eigenvalue weighted by molar-refractivity contribution is 5.81. The predicted octanol–water partition coefficient (Wildman–Crippen LogP) is 1.79. The van der Waals surface area contributed by atoms with Crippen LogP contribution in [0.3, 0.4) is 0 Å². The quantitative estimate of drug-likeness (QED) is 0.577. The lowest BCUT2D eigenvalue weighted by Gasteiger charge is -2.29. The highest BCUT2D eigenvalue weighted by Crippen LogP contribution is 2.19. The van der Waals surface area contributed by atoms with Crippen LogP contribution in [0.25, 0.3) is 0 Å². The number of amidine groups is 1. The number of rotatable bonds is 0. The van der Waals surface area contributed by atoms with Gasteiger partial charge in [-0.2, -0.15) is 0 Å². The van der Waals surface area contributed by atoms with Gasteiger partial charge in [0.05, 0.1) is 6.04 Å². The summed E-state index contributed by atoms with van der Waals surface area (Å²) in [6.07, 6.45) is 0. The first-order valence-corrected chi connectivity index (χ1v) is 3.75. The maximum Gasteiger partial charge on any atom is 0.126 e. The van der Waals surface area contributed by atoms with Crippen LogP contribution in [0, 0.1) is 0 Å². The predicted molar refractivity (Wildman–Crippen MR) is 44.6 cm³/mol. The molecule has 0 saturated carbocycles. The van der Waals surface area contributed by atoms with E-state index in [0.717, 1.165) is 11.3 Å². The van der Waals surface area contributed by atoms with E-state index in [-0.39, 0.29) is 6.04 Å². The van der Waals surface area contributed by atoms with Crippen molar-refractivity contribution in [2.45, 2.75) is 33.7 Å². The molecule has 0 bridgehead atoms. The molecule has 1 aliphatic heterocycles. The number of hydroxylamine groups is 2. The van der Waals surface area contributed by atoms with Crippen molar-refractivity contribution in [3.05, 3.63) is 11.3 Å². The molecule has 1 rings (SSSR count). The molecule has 3 heteroatoms. The summed E-state index contributed by atoms with van der Waals surface area (Å²) >= 11 is 0. The second-order valence-corrected chi connectivity index (χ2v) is 2.95. The minimum Gasteiger partial charge on any atom is -0.287 e. The van der Waals surface area contributed by atoms with E-state index in [1.807, 2.05) is 20.8 Å². The van der Waals surface area contributed by atoms with Gasteiger partial charge in [0.25, 0.3) is 0 Å². The minimum absolute atomic E-state index is 0.0625. The highest BCUT2D eigenvalue weighted by Gasteiger charge is 2.20. The van der Waals surface area contributed by atoms with Gasteiger partial charge in [-0.15, -0.1) is 0 Å². The molecule has 0 aliphatic carbocycles. The summed E-state index contributed by atoms with van der Waals surface area (Å²) in [4.78, 5) is 4.17. The fourth-order valence-corrected chi connectivity index (χ4v) is 1.15. The Balaban J connectivity index is 3.01. The smallest absolute Gasteiger partial charge is 0.126 e. The Hall–Kier alpha value is -0.830. The van der Waals surface area contributed by atoms with Gasteiger partial charge in [0, 0.05) is 5.70 Å². The van der Waals surface area contributed by atoms with Crippen molar-refractivity contribution in [1.82, 2.24) is 5.06 Å². The first-order chi connectivity index (χ1) is 5.04. The van der Waals surface area contributed by atoms with E-state index in [0.29, 0.717) is 5.84 Å². The average Bonchev–Trinajstić information content (AvgIpc) is 1.97. The summed E-state index contributed by atoms with van der Waals surface area (Å²) in [6, 6.07) is 0.0625. The normalized spacial score (nSPS) is 25.7. The molecule has 3 nitrogen and oxygen atoms in total. The van der Waals surface area contributed by atoms with Crippen LogP contribution in [0.15, 0.2) is 16.3 Å². The first-order valence-electron chi connectivity index (χ1n) is 3.75. The van der Waals surface area contributed by atoms with Crippen LogP contribution >= 0.6 is 0 Å². The number of allylic oxidation sites excluding steroid dienone is 1. The van der Waals surface area contributed by atoms with Crippen molar-refractivity contribution < 1.29 is 5.21 Å². The number of hydrogen-bond donors (Lipinski definition) is 1. The van der Waals surface area contributed by atoms with Gasteiger partial charge in [0.1, 0.15) is 5.84 Å². The van der Waals surface area contributed by atoms with E-state index in [1.165, 1.54) is 5.06 Å². The van der Waals surface area contributed by atoms with Crippen LogP contribution in [0.4, 0.5) is 0 Å². The molecule has 0 aromatic heterocycles. The largest absolute Gasteiger partial charge is 0.287 e. The molecule has 1 aliphatic rings. The van der Waals surface area contributed by atoms with Crippen molar-refractivity contribution >= 4 is 5.84 Å². The number of nitrogens with zero attached hydrogens (tertiary/aromatic N) is 2. The average molecular weight is 154 g/mol. The van der Waals surface area contributed by atoms with Crippen molar-refractivity contribution in [3.8, 4) is 0 Å². The molecule has 0 aromatic carbocycles. The fraction of sp³-hybridized carbons (Fsp3) is 0.625. The molecule has 0 aromatic rings. The highest BCUT2D eigenvalue weighted by atomic mass is 16.5. The summed E-state index contributed by atoms with van der Waals surface area (Å²) in [5, 5.41) is 10.6. The van der Waals surface area contributed by atoms with Gasteiger partial charge in [0.15, 0.2) is 0 Å². The van der Waals surface area contributed by atoms with Crippen molar-refractivity contribution in [2.75, 3.05) is 0 Å². The summed E-state index contributed by atoms with van der Waals surface area (Å²) in [6.45, 7) is 7.70. The zero-order chi connectivity index (χ0) is 8.59. The lowest BCUT2D eigenvalue weighted by molar-refractivity contribution is -0.0394. The molecule has 1 heterocycles. The van der Waals surface area contributed by atoms with E-state index in [1.54, 1.807) is 6.92 Å².